The summed E-state index contributed by atoms with van der Waals surface area (Å²) in [5.41, 5.74) is 0.335. The van der Waals surface area contributed by atoms with Gasteiger partial charge in [-0.15, -0.1) is 0 Å². The predicted octanol–water partition coefficient (Wildman–Crippen LogP) is 5.49. The Labute approximate surface area is 127 Å². The molecule has 0 saturated heterocycles. The fourth-order valence-electron chi connectivity index (χ4n) is 1.64. The van der Waals surface area contributed by atoms with Gasteiger partial charge in [0.2, 0.25) is 0 Å². The molecule has 0 heterocycles. The zero-order chi connectivity index (χ0) is 15.4. The minimum Gasteiger partial charge on any atom is -0.457 e. The van der Waals surface area contributed by atoms with Crippen LogP contribution in [0.5, 0.6) is 11.5 Å². The van der Waals surface area contributed by atoms with E-state index in [-0.39, 0.29) is 22.6 Å². The van der Waals surface area contributed by atoms with Crippen LogP contribution in [0.3, 0.4) is 0 Å². The average Bonchev–Trinajstić information content (AvgIpc) is 2.41. The lowest BCUT2D eigenvalue weighted by molar-refractivity contribution is 0.429. The van der Waals surface area contributed by atoms with Crippen LogP contribution >= 0.6 is 15.9 Å². The first-order valence-electron chi connectivity index (χ1n) is 5.69. The van der Waals surface area contributed by atoms with Crippen molar-refractivity contribution in [2.24, 2.45) is 0 Å². The maximum Gasteiger partial charge on any atom is 0.270 e. The minimum absolute atomic E-state index is 0.108. The van der Waals surface area contributed by atoms with Crippen molar-refractivity contribution in [1.29, 1.82) is 5.26 Å². The van der Waals surface area contributed by atoms with E-state index in [1.165, 1.54) is 24.3 Å². The van der Waals surface area contributed by atoms with E-state index in [1.54, 1.807) is 6.07 Å². The summed E-state index contributed by atoms with van der Waals surface area (Å²) in [5, 5.41) is 8.76. The Morgan fingerprint density at radius 3 is 2.57 bits per heavy atom. The molecule has 0 saturated carbocycles. The molecule has 2 aromatic rings. The number of halogens is 4. The summed E-state index contributed by atoms with van der Waals surface area (Å²) >= 11 is 3.14. The molecule has 106 valence electrons. The molecule has 2 aromatic carbocycles. The van der Waals surface area contributed by atoms with Crippen molar-refractivity contribution in [3.63, 3.8) is 0 Å². The molecule has 0 bridgehead atoms. The Morgan fingerprint density at radius 1 is 1.14 bits per heavy atom. The lowest BCUT2D eigenvalue weighted by Crippen LogP contribution is -1.88. The number of rotatable bonds is 3. The molecule has 21 heavy (non-hydrogen) atoms. The van der Waals surface area contributed by atoms with Crippen molar-refractivity contribution >= 4 is 22.0 Å². The third kappa shape index (κ3) is 4.10. The first-order chi connectivity index (χ1) is 9.97. The molecule has 0 aliphatic rings. The van der Waals surface area contributed by atoms with Gasteiger partial charge in [0.25, 0.3) is 6.08 Å². The molecular formula is C15H7BrF3NO. The molecular weight excluding hydrogens is 347 g/mol. The summed E-state index contributed by atoms with van der Waals surface area (Å²) in [6.45, 7) is 0. The highest BCUT2D eigenvalue weighted by Gasteiger charge is 2.06. The lowest BCUT2D eigenvalue weighted by atomic mass is 10.2. The number of ether oxygens (including phenoxy) is 1. The van der Waals surface area contributed by atoms with Crippen LogP contribution in [0.4, 0.5) is 13.2 Å². The molecule has 0 N–H and O–H groups in total. The molecule has 0 aromatic heterocycles. The Balaban J connectivity index is 2.34. The van der Waals surface area contributed by atoms with Crippen molar-refractivity contribution in [2.75, 3.05) is 0 Å². The number of nitrogens with zero attached hydrogens (tertiary/aromatic N) is 1. The van der Waals surface area contributed by atoms with Crippen LogP contribution in [0.25, 0.3) is 6.08 Å². The molecule has 2 rings (SSSR count). The highest BCUT2D eigenvalue weighted by Crippen LogP contribution is 2.29. The summed E-state index contributed by atoms with van der Waals surface area (Å²) in [5.74, 6) is -0.249. The van der Waals surface area contributed by atoms with Gasteiger partial charge in [-0.3, -0.25) is 0 Å². The van der Waals surface area contributed by atoms with E-state index in [9.17, 15) is 13.2 Å². The van der Waals surface area contributed by atoms with Gasteiger partial charge in [0.05, 0.1) is 11.6 Å². The van der Waals surface area contributed by atoms with Crippen LogP contribution in [0.1, 0.15) is 11.1 Å². The first kappa shape index (κ1) is 15.1. The second-order valence-electron chi connectivity index (χ2n) is 4.01. The van der Waals surface area contributed by atoms with Gasteiger partial charge in [-0.1, -0.05) is 15.9 Å². The third-order valence-corrected chi connectivity index (χ3v) is 3.19. The summed E-state index contributed by atoms with van der Waals surface area (Å²) in [6.07, 6.45) is -1.16. The highest BCUT2D eigenvalue weighted by molar-refractivity contribution is 9.10. The second-order valence-corrected chi connectivity index (χ2v) is 4.86. The van der Waals surface area contributed by atoms with E-state index in [2.05, 4.69) is 15.9 Å². The van der Waals surface area contributed by atoms with Crippen molar-refractivity contribution < 1.29 is 17.9 Å². The standard InChI is InChI=1S/C15H7BrF3NO/c16-14-2-1-12(5-10(14)6-15(18)19)21-13-4-9(8-20)3-11(17)7-13/h1-7H. The Morgan fingerprint density at radius 2 is 1.90 bits per heavy atom. The number of nitriles is 1. The smallest absolute Gasteiger partial charge is 0.270 e. The predicted molar refractivity (Wildman–Crippen MR) is 75.5 cm³/mol. The quantitative estimate of drug-likeness (QED) is 0.730. The summed E-state index contributed by atoms with van der Waals surface area (Å²) < 4.78 is 43.8. The average molecular weight is 354 g/mol. The van der Waals surface area contributed by atoms with Crippen LogP contribution < -0.4 is 4.74 Å². The van der Waals surface area contributed by atoms with E-state index in [0.29, 0.717) is 10.5 Å². The molecule has 0 atom stereocenters. The van der Waals surface area contributed by atoms with Crippen molar-refractivity contribution in [3.8, 4) is 17.6 Å². The van der Waals surface area contributed by atoms with Crippen molar-refractivity contribution in [2.45, 2.75) is 0 Å². The monoisotopic (exact) mass is 353 g/mol. The molecule has 0 unspecified atom stereocenters. The zero-order valence-electron chi connectivity index (χ0n) is 10.4. The van der Waals surface area contributed by atoms with E-state index in [4.69, 9.17) is 10.00 Å². The maximum atomic E-state index is 13.3. The van der Waals surface area contributed by atoms with E-state index in [0.717, 1.165) is 12.1 Å². The van der Waals surface area contributed by atoms with Gasteiger partial charge in [0.1, 0.15) is 17.3 Å². The topological polar surface area (TPSA) is 33.0 Å². The molecule has 0 aliphatic heterocycles. The second kappa shape index (κ2) is 6.46. The largest absolute Gasteiger partial charge is 0.457 e. The van der Waals surface area contributed by atoms with E-state index >= 15 is 0 Å². The van der Waals surface area contributed by atoms with E-state index < -0.39 is 11.9 Å². The normalized spacial score (nSPS) is 9.86. The van der Waals surface area contributed by atoms with Crippen LogP contribution in [0, 0.1) is 17.1 Å². The van der Waals surface area contributed by atoms with Crippen LogP contribution in [0.2, 0.25) is 0 Å². The fourth-order valence-corrected chi connectivity index (χ4v) is 2.00. The van der Waals surface area contributed by atoms with Crippen LogP contribution in [-0.4, -0.2) is 0 Å². The first-order valence-corrected chi connectivity index (χ1v) is 6.48. The number of hydrogen-bond acceptors (Lipinski definition) is 2. The van der Waals surface area contributed by atoms with Gasteiger partial charge in [-0.2, -0.15) is 14.0 Å². The van der Waals surface area contributed by atoms with Gasteiger partial charge in [-0.25, -0.2) is 4.39 Å². The molecule has 0 amide bonds. The van der Waals surface area contributed by atoms with Crippen molar-refractivity contribution in [3.05, 3.63) is 63.9 Å². The van der Waals surface area contributed by atoms with Crippen LogP contribution in [-0.2, 0) is 0 Å². The molecule has 0 fully saturated rings. The number of hydrogen-bond donors (Lipinski definition) is 0. The SMILES string of the molecule is N#Cc1cc(F)cc(Oc2ccc(Br)c(C=C(F)F)c2)c1. The van der Waals surface area contributed by atoms with Gasteiger partial charge in [0.15, 0.2) is 0 Å². The maximum absolute atomic E-state index is 13.3. The van der Waals surface area contributed by atoms with Gasteiger partial charge < -0.3 is 4.74 Å². The lowest BCUT2D eigenvalue weighted by Gasteiger charge is -2.08. The number of benzene rings is 2. The molecule has 6 heteroatoms. The Hall–Kier alpha value is -2.26. The Bertz CT molecular complexity index is 749. The molecule has 0 radical (unpaired) electrons. The Kier molecular flexibility index (Phi) is 4.66. The third-order valence-electron chi connectivity index (χ3n) is 2.47. The van der Waals surface area contributed by atoms with E-state index in [1.807, 2.05) is 0 Å². The summed E-state index contributed by atoms with van der Waals surface area (Å²) in [7, 11) is 0. The van der Waals surface area contributed by atoms with Gasteiger partial charge in [0, 0.05) is 16.6 Å². The molecule has 0 aliphatic carbocycles. The molecule has 2 nitrogen and oxygen atoms in total. The van der Waals surface area contributed by atoms with Gasteiger partial charge in [-0.05, 0) is 35.9 Å². The minimum atomic E-state index is -1.84. The fraction of sp³-hybridized carbons (Fsp3) is 0. The summed E-state index contributed by atoms with van der Waals surface area (Å²) in [4.78, 5) is 0. The van der Waals surface area contributed by atoms with Gasteiger partial charge >= 0.3 is 0 Å². The van der Waals surface area contributed by atoms with Crippen molar-refractivity contribution in [1.82, 2.24) is 0 Å². The highest BCUT2D eigenvalue weighted by atomic mass is 79.9. The van der Waals surface area contributed by atoms with Crippen LogP contribution in [0.15, 0.2) is 47.0 Å². The zero-order valence-corrected chi connectivity index (χ0v) is 12.0. The molecule has 0 spiro atoms. The summed E-state index contributed by atoms with van der Waals surface area (Å²) in [6, 6.07) is 9.79.